The molecular weight excluding hydrogens is 394 g/mol. The summed E-state index contributed by atoms with van der Waals surface area (Å²) in [5, 5.41) is 11.5. The average molecular weight is 417 g/mol. The number of esters is 2. The molecule has 0 aliphatic heterocycles. The quantitative estimate of drug-likeness (QED) is 0.364. The Bertz CT molecular complexity index is 979. The number of carbonyl (C=O) groups excluding carboxylic acids is 3. The Morgan fingerprint density at radius 1 is 1.27 bits per heavy atom. The van der Waals surface area contributed by atoms with Gasteiger partial charge in [0.25, 0.3) is 0 Å². The highest BCUT2D eigenvalue weighted by atomic mass is 16.6. The minimum absolute atomic E-state index is 0.0392. The van der Waals surface area contributed by atoms with Gasteiger partial charge in [-0.15, -0.1) is 0 Å². The molecule has 0 unspecified atom stereocenters. The molecule has 1 aromatic heterocycles. The lowest BCUT2D eigenvalue weighted by Crippen LogP contribution is -2.27. The third-order valence-electron chi connectivity index (χ3n) is 5.47. The SMILES string of the molecule is CCOC(=O)c1oc2ccccc2c1COC(=O)C[C@@H]1C(=O)C[C@@H](C)[C@H]1C[N+](=O)[O-]. The van der Waals surface area contributed by atoms with Crippen molar-refractivity contribution >= 4 is 28.7 Å². The van der Waals surface area contributed by atoms with E-state index >= 15 is 0 Å². The molecule has 9 heteroatoms. The number of hydrogen-bond donors (Lipinski definition) is 0. The molecular formula is C21H23NO8. The summed E-state index contributed by atoms with van der Waals surface area (Å²) < 4.78 is 15.9. The van der Waals surface area contributed by atoms with Crippen LogP contribution < -0.4 is 0 Å². The van der Waals surface area contributed by atoms with Crippen molar-refractivity contribution in [2.24, 2.45) is 17.8 Å². The molecule has 9 nitrogen and oxygen atoms in total. The number of furan rings is 1. The van der Waals surface area contributed by atoms with Crippen molar-refractivity contribution in [1.29, 1.82) is 0 Å². The molecule has 0 bridgehead atoms. The summed E-state index contributed by atoms with van der Waals surface area (Å²) in [6, 6.07) is 6.93. The molecule has 1 fully saturated rings. The van der Waals surface area contributed by atoms with Gasteiger partial charge in [0.2, 0.25) is 12.3 Å². The van der Waals surface area contributed by atoms with Crippen molar-refractivity contribution < 1.29 is 33.2 Å². The largest absolute Gasteiger partial charge is 0.461 e. The summed E-state index contributed by atoms with van der Waals surface area (Å²) in [4.78, 5) is 47.3. The standard InChI is InChI=1S/C21H23NO8/c1-3-28-21(25)20-16(13-6-4-5-7-18(13)30-20)11-29-19(24)9-14-15(10-22(26)27)12(2)8-17(14)23/h4-7,12,14-15H,3,8-11H2,1-2H3/t12-,14+,15-/m1/s1. The molecule has 0 saturated heterocycles. The van der Waals surface area contributed by atoms with Crippen molar-refractivity contribution in [1.82, 2.24) is 0 Å². The molecule has 0 radical (unpaired) electrons. The summed E-state index contributed by atoms with van der Waals surface area (Å²) >= 11 is 0. The van der Waals surface area contributed by atoms with Crippen LogP contribution in [0.4, 0.5) is 0 Å². The second-order valence-electron chi connectivity index (χ2n) is 7.42. The van der Waals surface area contributed by atoms with Crippen molar-refractivity contribution in [3.05, 3.63) is 45.7 Å². The van der Waals surface area contributed by atoms with Gasteiger partial charge in [0.05, 0.1) is 18.6 Å². The molecule has 1 aliphatic rings. The Morgan fingerprint density at radius 2 is 2.00 bits per heavy atom. The minimum Gasteiger partial charge on any atom is -0.461 e. The minimum atomic E-state index is -0.733. The number of benzene rings is 1. The number of fused-ring (bicyclic) bond motifs is 1. The Morgan fingerprint density at radius 3 is 2.70 bits per heavy atom. The normalized spacial score (nSPS) is 21.0. The average Bonchev–Trinajstić information content (AvgIpc) is 3.18. The lowest BCUT2D eigenvalue weighted by Gasteiger charge is -2.17. The number of hydrogen-bond acceptors (Lipinski definition) is 8. The van der Waals surface area contributed by atoms with Gasteiger partial charge in [-0.3, -0.25) is 19.7 Å². The van der Waals surface area contributed by atoms with Gasteiger partial charge < -0.3 is 13.9 Å². The first-order chi connectivity index (χ1) is 14.3. The highest BCUT2D eigenvalue weighted by Crippen LogP contribution is 2.37. The van der Waals surface area contributed by atoms with Gasteiger partial charge >= 0.3 is 11.9 Å². The third-order valence-corrected chi connectivity index (χ3v) is 5.47. The highest BCUT2D eigenvalue weighted by Gasteiger charge is 2.44. The van der Waals surface area contributed by atoms with Crippen LogP contribution in [0.1, 0.15) is 42.8 Å². The Kier molecular flexibility index (Phi) is 6.49. The second kappa shape index (κ2) is 9.06. The summed E-state index contributed by atoms with van der Waals surface area (Å²) in [7, 11) is 0. The van der Waals surface area contributed by atoms with Crippen LogP contribution >= 0.6 is 0 Å². The van der Waals surface area contributed by atoms with E-state index in [1.807, 2.05) is 0 Å². The molecule has 2 aromatic rings. The number of para-hydroxylation sites is 1. The van der Waals surface area contributed by atoms with Crippen LogP contribution in [0.5, 0.6) is 0 Å². The molecule has 1 saturated carbocycles. The fourth-order valence-corrected chi connectivity index (χ4v) is 3.99. The van der Waals surface area contributed by atoms with Gasteiger partial charge in [0.15, 0.2) is 0 Å². The van der Waals surface area contributed by atoms with E-state index in [9.17, 15) is 24.5 Å². The first-order valence-electron chi connectivity index (χ1n) is 9.79. The molecule has 0 N–H and O–H groups in total. The fourth-order valence-electron chi connectivity index (χ4n) is 3.99. The predicted molar refractivity (Wildman–Crippen MR) is 104 cm³/mol. The zero-order chi connectivity index (χ0) is 21.8. The second-order valence-corrected chi connectivity index (χ2v) is 7.42. The van der Waals surface area contributed by atoms with Crippen LogP contribution in [-0.2, 0) is 25.7 Å². The maximum absolute atomic E-state index is 12.4. The monoisotopic (exact) mass is 417 g/mol. The summed E-state index contributed by atoms with van der Waals surface area (Å²) in [5.41, 5.74) is 0.836. The number of nitrogens with zero attached hydrogens (tertiary/aromatic N) is 1. The van der Waals surface area contributed by atoms with Crippen molar-refractivity contribution in [3.8, 4) is 0 Å². The summed E-state index contributed by atoms with van der Waals surface area (Å²) in [6.45, 7) is 3.02. The Hall–Kier alpha value is -3.23. The number of ether oxygens (including phenoxy) is 2. The molecule has 160 valence electrons. The highest BCUT2D eigenvalue weighted by molar-refractivity contribution is 5.96. The van der Waals surface area contributed by atoms with Crippen LogP contribution in [-0.4, -0.2) is 35.8 Å². The van der Waals surface area contributed by atoms with E-state index in [-0.39, 0.29) is 50.1 Å². The van der Waals surface area contributed by atoms with Crippen LogP contribution in [0.2, 0.25) is 0 Å². The fraction of sp³-hybridized carbons (Fsp3) is 0.476. The third kappa shape index (κ3) is 4.50. The van der Waals surface area contributed by atoms with Gasteiger partial charge in [-0.05, 0) is 18.9 Å². The van der Waals surface area contributed by atoms with E-state index in [4.69, 9.17) is 13.9 Å². The van der Waals surface area contributed by atoms with Gasteiger partial charge in [-0.25, -0.2) is 4.79 Å². The van der Waals surface area contributed by atoms with E-state index in [0.29, 0.717) is 16.5 Å². The van der Waals surface area contributed by atoms with E-state index in [1.54, 1.807) is 38.1 Å². The van der Waals surface area contributed by atoms with Crippen LogP contribution in [0.15, 0.2) is 28.7 Å². The molecule has 1 aromatic carbocycles. The number of carbonyl (C=O) groups is 3. The van der Waals surface area contributed by atoms with Gasteiger partial charge in [0.1, 0.15) is 18.0 Å². The lowest BCUT2D eigenvalue weighted by atomic mass is 9.88. The zero-order valence-electron chi connectivity index (χ0n) is 16.8. The van der Waals surface area contributed by atoms with Crippen molar-refractivity contribution in [2.45, 2.75) is 33.3 Å². The molecule has 0 amide bonds. The molecule has 30 heavy (non-hydrogen) atoms. The predicted octanol–water partition coefficient (Wildman–Crippen LogP) is 3.16. The smallest absolute Gasteiger partial charge is 0.374 e. The maximum Gasteiger partial charge on any atom is 0.374 e. The Labute approximate surface area is 172 Å². The van der Waals surface area contributed by atoms with E-state index in [2.05, 4.69) is 0 Å². The molecule has 3 rings (SSSR count). The number of ketones is 1. The first-order valence-corrected chi connectivity index (χ1v) is 9.79. The summed E-state index contributed by atoms with van der Waals surface area (Å²) in [5.74, 6) is -2.90. The number of rotatable bonds is 8. The zero-order valence-corrected chi connectivity index (χ0v) is 16.8. The van der Waals surface area contributed by atoms with E-state index < -0.39 is 28.7 Å². The van der Waals surface area contributed by atoms with Gasteiger partial charge in [-0.2, -0.15) is 0 Å². The maximum atomic E-state index is 12.4. The topological polar surface area (TPSA) is 126 Å². The van der Waals surface area contributed by atoms with Crippen LogP contribution in [0, 0.1) is 27.9 Å². The van der Waals surface area contributed by atoms with E-state index in [1.165, 1.54) is 0 Å². The number of nitro groups is 1. The van der Waals surface area contributed by atoms with Gasteiger partial charge in [0, 0.05) is 28.6 Å². The molecule has 0 spiro atoms. The molecule has 1 aliphatic carbocycles. The molecule has 1 heterocycles. The van der Waals surface area contributed by atoms with Crippen molar-refractivity contribution in [2.75, 3.05) is 13.2 Å². The lowest BCUT2D eigenvalue weighted by molar-refractivity contribution is -0.490. The first kappa shape index (κ1) is 21.5. The molecule has 3 atom stereocenters. The Balaban J connectivity index is 1.73. The summed E-state index contributed by atoms with van der Waals surface area (Å²) in [6.07, 6.45) is -0.0119. The van der Waals surface area contributed by atoms with E-state index in [0.717, 1.165) is 0 Å². The van der Waals surface area contributed by atoms with Crippen LogP contribution in [0.3, 0.4) is 0 Å². The van der Waals surface area contributed by atoms with Crippen molar-refractivity contribution in [3.63, 3.8) is 0 Å². The van der Waals surface area contributed by atoms with Gasteiger partial charge in [-0.1, -0.05) is 25.1 Å². The van der Waals surface area contributed by atoms with Crippen LogP contribution in [0.25, 0.3) is 11.0 Å². The number of Topliss-reactive ketones (excluding diaryl/α,β-unsaturated/α-hetero) is 1.